The highest BCUT2D eigenvalue weighted by Crippen LogP contribution is 2.26. The quantitative estimate of drug-likeness (QED) is 0.683. The van der Waals surface area contributed by atoms with Crippen LogP contribution >= 0.6 is 11.6 Å². The lowest BCUT2D eigenvalue weighted by Crippen LogP contribution is -2.23. The monoisotopic (exact) mass is 282 g/mol. The van der Waals surface area contributed by atoms with Gasteiger partial charge >= 0.3 is 0 Å². The second-order valence-electron chi connectivity index (χ2n) is 4.54. The number of H-pyrrole nitrogens is 1. The molecule has 1 aromatic carbocycles. The second kappa shape index (κ2) is 6.91. The molecule has 19 heavy (non-hydrogen) atoms. The normalized spacial score (nSPS) is 13.0. The van der Waals surface area contributed by atoms with E-state index >= 15 is 0 Å². The molecule has 0 fully saturated rings. The zero-order valence-electron chi connectivity index (χ0n) is 10.9. The molecule has 3 N–H and O–H groups in total. The number of fused-ring (bicyclic) bond motifs is 1. The molecule has 0 saturated carbocycles. The van der Waals surface area contributed by atoms with E-state index in [1.807, 2.05) is 24.3 Å². The largest absolute Gasteiger partial charge is 0.391 e. The maximum atomic E-state index is 9.52. The maximum absolute atomic E-state index is 9.52. The molecule has 4 nitrogen and oxygen atoms in total. The van der Waals surface area contributed by atoms with Crippen LogP contribution in [0.25, 0.3) is 10.9 Å². The summed E-state index contributed by atoms with van der Waals surface area (Å²) in [6, 6.07) is 7.96. The summed E-state index contributed by atoms with van der Waals surface area (Å²) in [6.45, 7) is 1.75. The van der Waals surface area contributed by atoms with Gasteiger partial charge in [0.25, 0.3) is 0 Å². The summed E-state index contributed by atoms with van der Waals surface area (Å²) in [5.74, 6) is 0. The van der Waals surface area contributed by atoms with E-state index in [1.54, 1.807) is 7.11 Å². The molecule has 1 unspecified atom stereocenters. The van der Waals surface area contributed by atoms with Gasteiger partial charge in [0, 0.05) is 30.3 Å². The number of hydrogen-bond acceptors (Lipinski definition) is 3. The van der Waals surface area contributed by atoms with Crippen molar-refractivity contribution < 1.29 is 9.84 Å². The zero-order valence-corrected chi connectivity index (χ0v) is 11.7. The summed E-state index contributed by atoms with van der Waals surface area (Å²) >= 11 is 6.31. The Hall–Kier alpha value is -1.07. The van der Waals surface area contributed by atoms with E-state index in [0.29, 0.717) is 19.6 Å². The van der Waals surface area contributed by atoms with Gasteiger partial charge < -0.3 is 20.1 Å². The first-order valence-electron chi connectivity index (χ1n) is 6.35. The lowest BCUT2D eigenvalue weighted by Gasteiger charge is -2.09. The molecular formula is C14H19ClN2O2. The van der Waals surface area contributed by atoms with Crippen LogP contribution in [0.15, 0.2) is 24.3 Å². The summed E-state index contributed by atoms with van der Waals surface area (Å²) in [4.78, 5) is 3.30. The molecule has 0 spiro atoms. The fourth-order valence-corrected chi connectivity index (χ4v) is 2.32. The van der Waals surface area contributed by atoms with Gasteiger partial charge in [-0.05, 0) is 19.0 Å². The van der Waals surface area contributed by atoms with Crippen molar-refractivity contribution in [1.29, 1.82) is 0 Å². The van der Waals surface area contributed by atoms with Crippen molar-refractivity contribution in [2.24, 2.45) is 0 Å². The van der Waals surface area contributed by atoms with Crippen LogP contribution in [0.3, 0.4) is 0 Å². The minimum atomic E-state index is -0.421. The summed E-state index contributed by atoms with van der Waals surface area (Å²) in [5.41, 5.74) is 2.02. The average molecular weight is 283 g/mol. The van der Waals surface area contributed by atoms with Gasteiger partial charge in [0.15, 0.2) is 0 Å². The van der Waals surface area contributed by atoms with Crippen LogP contribution in [-0.2, 0) is 11.3 Å². The smallest absolute Gasteiger partial charge is 0.0785 e. The van der Waals surface area contributed by atoms with Crippen LogP contribution in [-0.4, -0.2) is 36.5 Å². The van der Waals surface area contributed by atoms with Crippen molar-refractivity contribution in [2.45, 2.75) is 19.1 Å². The predicted octanol–water partition coefficient (Wildman–Crippen LogP) is 2.31. The fraction of sp³-hybridized carbons (Fsp3) is 0.429. The number of ether oxygens (including phenoxy) is 1. The van der Waals surface area contributed by atoms with E-state index in [4.69, 9.17) is 16.3 Å². The Morgan fingerprint density at radius 2 is 2.21 bits per heavy atom. The third kappa shape index (κ3) is 3.70. The van der Waals surface area contributed by atoms with Crippen LogP contribution < -0.4 is 5.32 Å². The molecule has 2 rings (SSSR count). The molecule has 1 aromatic heterocycles. The molecule has 1 atom stereocenters. The Morgan fingerprint density at radius 1 is 1.42 bits per heavy atom. The summed E-state index contributed by atoms with van der Waals surface area (Å²) in [7, 11) is 1.58. The number of halogens is 1. The minimum absolute atomic E-state index is 0.370. The van der Waals surface area contributed by atoms with Crippen LogP contribution in [0, 0.1) is 0 Å². The molecule has 104 valence electrons. The number of para-hydroxylation sites is 1. The van der Waals surface area contributed by atoms with Crippen LogP contribution in [0.5, 0.6) is 0 Å². The molecule has 0 radical (unpaired) electrons. The SMILES string of the molecule is COCC(O)CCNCc1[nH]c2ccccc2c1Cl. The van der Waals surface area contributed by atoms with Crippen LogP contribution in [0.1, 0.15) is 12.1 Å². The van der Waals surface area contributed by atoms with Crippen molar-refractivity contribution in [3.63, 3.8) is 0 Å². The lowest BCUT2D eigenvalue weighted by atomic mass is 10.2. The Kier molecular flexibility index (Phi) is 5.22. The van der Waals surface area contributed by atoms with Gasteiger partial charge in [-0.1, -0.05) is 29.8 Å². The molecule has 1 heterocycles. The highest BCUT2D eigenvalue weighted by molar-refractivity contribution is 6.36. The van der Waals surface area contributed by atoms with Gasteiger partial charge in [-0.15, -0.1) is 0 Å². The van der Waals surface area contributed by atoms with Crippen molar-refractivity contribution >= 4 is 22.5 Å². The van der Waals surface area contributed by atoms with E-state index < -0.39 is 6.10 Å². The standard InChI is InChI=1S/C14H19ClN2O2/c1-19-9-10(18)6-7-16-8-13-14(15)11-4-2-3-5-12(11)17-13/h2-5,10,16-18H,6-9H2,1H3. The molecule has 5 heteroatoms. The number of aliphatic hydroxyl groups is 1. The third-order valence-corrected chi connectivity index (χ3v) is 3.46. The topological polar surface area (TPSA) is 57.3 Å². The molecule has 0 bridgehead atoms. The first-order valence-corrected chi connectivity index (χ1v) is 6.73. The van der Waals surface area contributed by atoms with Gasteiger partial charge in [0.05, 0.1) is 17.7 Å². The van der Waals surface area contributed by atoms with Gasteiger partial charge in [-0.25, -0.2) is 0 Å². The van der Waals surface area contributed by atoms with E-state index in [0.717, 1.165) is 28.2 Å². The minimum Gasteiger partial charge on any atom is -0.391 e. The number of aliphatic hydroxyl groups excluding tert-OH is 1. The van der Waals surface area contributed by atoms with Crippen molar-refractivity contribution in [1.82, 2.24) is 10.3 Å². The van der Waals surface area contributed by atoms with Crippen LogP contribution in [0.4, 0.5) is 0 Å². The summed E-state index contributed by atoms with van der Waals surface area (Å²) in [5, 5.41) is 14.6. The Bertz CT molecular complexity index is 527. The molecular weight excluding hydrogens is 264 g/mol. The number of benzene rings is 1. The van der Waals surface area contributed by atoms with E-state index in [-0.39, 0.29) is 0 Å². The molecule has 0 aliphatic heterocycles. The molecule has 0 saturated heterocycles. The van der Waals surface area contributed by atoms with Gasteiger partial charge in [-0.3, -0.25) is 0 Å². The number of nitrogens with one attached hydrogen (secondary N) is 2. The Balaban J connectivity index is 1.86. The summed E-state index contributed by atoms with van der Waals surface area (Å²) < 4.78 is 4.87. The average Bonchev–Trinajstić information content (AvgIpc) is 2.73. The van der Waals surface area contributed by atoms with E-state index in [1.165, 1.54) is 0 Å². The van der Waals surface area contributed by atoms with E-state index in [2.05, 4.69) is 10.3 Å². The van der Waals surface area contributed by atoms with Gasteiger partial charge in [-0.2, -0.15) is 0 Å². The van der Waals surface area contributed by atoms with Gasteiger partial charge in [0.1, 0.15) is 0 Å². The van der Waals surface area contributed by atoms with Gasteiger partial charge in [0.2, 0.25) is 0 Å². The zero-order chi connectivity index (χ0) is 13.7. The molecule has 0 aliphatic carbocycles. The van der Waals surface area contributed by atoms with Crippen molar-refractivity contribution in [3.8, 4) is 0 Å². The Labute approximate surface area is 117 Å². The maximum Gasteiger partial charge on any atom is 0.0785 e. The first kappa shape index (κ1) is 14.3. The summed E-state index contributed by atoms with van der Waals surface area (Å²) in [6.07, 6.45) is 0.238. The molecule has 0 aliphatic rings. The van der Waals surface area contributed by atoms with Crippen molar-refractivity contribution in [2.75, 3.05) is 20.3 Å². The first-order chi connectivity index (χ1) is 9.22. The number of rotatable bonds is 7. The molecule has 0 amide bonds. The highest BCUT2D eigenvalue weighted by atomic mass is 35.5. The number of hydrogen-bond donors (Lipinski definition) is 3. The Morgan fingerprint density at radius 3 is 2.95 bits per heavy atom. The fourth-order valence-electron chi connectivity index (χ4n) is 2.04. The van der Waals surface area contributed by atoms with Crippen molar-refractivity contribution in [3.05, 3.63) is 35.0 Å². The number of aromatic nitrogens is 1. The third-order valence-electron chi connectivity index (χ3n) is 3.03. The highest BCUT2D eigenvalue weighted by Gasteiger charge is 2.08. The number of methoxy groups -OCH3 is 1. The lowest BCUT2D eigenvalue weighted by molar-refractivity contribution is 0.0594. The predicted molar refractivity (Wildman–Crippen MR) is 77.5 cm³/mol. The molecule has 2 aromatic rings. The number of aromatic amines is 1. The van der Waals surface area contributed by atoms with Crippen LogP contribution in [0.2, 0.25) is 5.02 Å². The second-order valence-corrected chi connectivity index (χ2v) is 4.92. The van der Waals surface area contributed by atoms with E-state index in [9.17, 15) is 5.11 Å².